The van der Waals surface area contributed by atoms with Crippen molar-refractivity contribution in [2.75, 3.05) is 26.4 Å². The molecule has 0 spiro atoms. The first-order chi connectivity index (χ1) is 38.4. The number of ether oxygens (including phenoxy) is 9. The summed E-state index contributed by atoms with van der Waals surface area (Å²) in [6.45, 7) is 13.5. The maximum Gasteiger partial charge on any atom is 0.335 e. The van der Waals surface area contributed by atoms with Crippen molar-refractivity contribution in [3.8, 4) is 0 Å². The summed E-state index contributed by atoms with van der Waals surface area (Å²) >= 11 is 0. The molecule has 0 amide bonds. The highest BCUT2D eigenvalue weighted by atomic mass is 16.8. The fraction of sp³-hybridized carbons (Fsp3) is 0.877. The molecule has 4 saturated heterocycles. The molecule has 0 radical (unpaired) electrons. The molecule has 4 saturated carbocycles. The Kier molecular flexibility index (Phi) is 18.2. The summed E-state index contributed by atoms with van der Waals surface area (Å²) in [5.74, 6) is -3.08. The maximum absolute atomic E-state index is 14.1. The van der Waals surface area contributed by atoms with Gasteiger partial charge in [-0.15, -0.1) is 0 Å². The SMILES string of the molecule is C/C=C(/C)C(=O)O[C@H]1CC(C)(C)C[C@H]2C3=CC[C@@H]4[C@@]5(C)CC[C@H](O[C@@H]6O[C@H](C(=O)O)[C@@H](O)[C@H](O[C@@H]7OC[C@H](O)[C@H](O)[C@H]7OC7OCC(O)C(O)C7O)[C@H]6O[C@@H]6O[C@H](CO)[C@H](O)[C@H](O)[C@H]6O)[C@@](C)(C=O)[C@@H]5CC[C@@]4(C)[C@]3(C)C[C@@H](O)[C@@]12CO. The molecule has 82 heavy (non-hydrogen) atoms. The second-order valence-electron chi connectivity index (χ2n) is 26.7. The normalized spacial score (nSPS) is 52.2. The highest BCUT2D eigenvalue weighted by molar-refractivity contribution is 5.87. The minimum absolute atomic E-state index is 0.0883. The predicted octanol–water partition coefficient (Wildman–Crippen LogP) is -1.55. The number of aliphatic hydroxyl groups excluding tert-OH is 12. The first-order valence-corrected chi connectivity index (χ1v) is 28.8. The van der Waals surface area contributed by atoms with Gasteiger partial charge in [0.2, 0.25) is 0 Å². The molecule has 0 bridgehead atoms. The van der Waals surface area contributed by atoms with Gasteiger partial charge in [0.15, 0.2) is 31.3 Å². The zero-order chi connectivity index (χ0) is 60.1. The molecule has 0 aromatic rings. The number of allylic oxidation sites excluding steroid dienone is 3. The molecule has 9 rings (SSSR count). The van der Waals surface area contributed by atoms with Crippen molar-refractivity contribution in [2.45, 2.75) is 236 Å². The zero-order valence-electron chi connectivity index (χ0n) is 47.8. The van der Waals surface area contributed by atoms with E-state index in [9.17, 15) is 80.8 Å². The van der Waals surface area contributed by atoms with Gasteiger partial charge in [-0.2, -0.15) is 0 Å². The Morgan fingerprint density at radius 1 is 0.671 bits per heavy atom. The van der Waals surface area contributed by atoms with Crippen LogP contribution < -0.4 is 0 Å². The first kappa shape index (κ1) is 63.8. The Morgan fingerprint density at radius 2 is 1.30 bits per heavy atom. The first-order valence-electron chi connectivity index (χ1n) is 28.8. The minimum atomic E-state index is -2.26. The van der Waals surface area contributed by atoms with E-state index in [1.165, 1.54) is 0 Å². The summed E-state index contributed by atoms with van der Waals surface area (Å²) in [6, 6.07) is 0. The average molecular weight is 1170 g/mol. The topological polar surface area (TPSA) is 397 Å². The fourth-order valence-corrected chi connectivity index (χ4v) is 16.7. The van der Waals surface area contributed by atoms with Gasteiger partial charge in [-0.1, -0.05) is 59.3 Å². The molecule has 25 heteroatoms. The van der Waals surface area contributed by atoms with Crippen molar-refractivity contribution in [3.05, 3.63) is 23.3 Å². The standard InChI is InChI=1S/C57H88O25/c1-9-24(2)47(73)77-34-18-52(3,4)16-26-25-10-11-31-53(5)14-13-33(54(6,22-59)30(53)12-15-55(31,7)56(25,8)17-32(63)57(26,34)23-60)78-51-45(82-49-40(69)38(67)37(66)29(19-58)76-49)42(41(70)43(80-51)46(71)72)79-50-44(36(65)28(62)21-75-50)81-48-39(68)35(64)27(61)20-74-48/h9-10,22,26-45,48-51,58,60-70H,11-21,23H2,1-8H3,(H,71,72)/b24-9-/t26-,27?,28-,29+,30+,31+,32+,33-,34-,35?,36-,37-,38-,39?,40+,41-,42-,43-,44+,45+,48?,49-,50-,51+,53-,54-,55+,56+,57-/m0/s1. The molecule has 5 aliphatic carbocycles. The van der Waals surface area contributed by atoms with Crippen LogP contribution in [-0.4, -0.2) is 240 Å². The van der Waals surface area contributed by atoms with E-state index in [2.05, 4.69) is 40.7 Å². The second kappa shape index (κ2) is 23.4. The number of aldehydes is 1. The number of aliphatic carboxylic acids is 1. The van der Waals surface area contributed by atoms with Crippen LogP contribution in [0.2, 0.25) is 0 Å². The van der Waals surface area contributed by atoms with Crippen molar-refractivity contribution in [1.29, 1.82) is 0 Å². The summed E-state index contributed by atoms with van der Waals surface area (Å²) in [4.78, 5) is 40.7. The van der Waals surface area contributed by atoms with Crippen LogP contribution in [0.3, 0.4) is 0 Å². The van der Waals surface area contributed by atoms with Gasteiger partial charge in [-0.05, 0) is 105 Å². The Hall–Kier alpha value is -2.71. The van der Waals surface area contributed by atoms with Crippen LogP contribution in [0.1, 0.15) is 107 Å². The molecule has 25 nitrogen and oxygen atoms in total. The number of rotatable bonds is 14. The minimum Gasteiger partial charge on any atom is -0.479 e. The van der Waals surface area contributed by atoms with E-state index in [0.717, 1.165) is 11.9 Å². The molecule has 0 aromatic carbocycles. The molecule has 4 heterocycles. The van der Waals surface area contributed by atoms with Gasteiger partial charge in [0.25, 0.3) is 0 Å². The molecule has 4 aliphatic heterocycles. The number of carbonyl (C=O) groups excluding carboxylic acids is 2. The third-order valence-electron chi connectivity index (χ3n) is 21.7. The van der Waals surface area contributed by atoms with Gasteiger partial charge >= 0.3 is 11.9 Å². The van der Waals surface area contributed by atoms with Gasteiger partial charge in [0.05, 0.1) is 49.5 Å². The van der Waals surface area contributed by atoms with Crippen LogP contribution in [0.4, 0.5) is 0 Å². The van der Waals surface area contributed by atoms with E-state index < -0.39 is 200 Å². The summed E-state index contributed by atoms with van der Waals surface area (Å²) in [5.41, 5.74) is -3.05. The van der Waals surface area contributed by atoms with Gasteiger partial charge in [-0.25, -0.2) is 9.59 Å². The van der Waals surface area contributed by atoms with Crippen molar-refractivity contribution in [1.82, 2.24) is 0 Å². The third-order valence-corrected chi connectivity index (χ3v) is 21.7. The van der Waals surface area contributed by atoms with Crippen molar-refractivity contribution >= 4 is 18.2 Å². The average Bonchev–Trinajstić information content (AvgIpc) is 0.800. The maximum atomic E-state index is 14.1. The van der Waals surface area contributed by atoms with Crippen molar-refractivity contribution in [2.24, 2.45) is 50.2 Å². The molecule has 466 valence electrons. The lowest BCUT2D eigenvalue weighted by molar-refractivity contribution is -0.398. The van der Waals surface area contributed by atoms with Gasteiger partial charge in [0, 0.05) is 5.57 Å². The zero-order valence-corrected chi connectivity index (χ0v) is 47.8. The Balaban J connectivity index is 1.04. The molecule has 4 unspecified atom stereocenters. The molecule has 0 aromatic heterocycles. The highest BCUT2D eigenvalue weighted by Gasteiger charge is 2.73. The van der Waals surface area contributed by atoms with Crippen LogP contribution in [0.15, 0.2) is 23.3 Å². The largest absolute Gasteiger partial charge is 0.479 e. The molecule has 9 aliphatic rings. The number of carboxylic acid groups (broad SMARTS) is 1. The number of esters is 1. The van der Waals surface area contributed by atoms with E-state index in [1.807, 2.05) is 0 Å². The van der Waals surface area contributed by atoms with Crippen molar-refractivity contribution < 1.29 is 123 Å². The Labute approximate surface area is 476 Å². The van der Waals surface area contributed by atoms with Crippen LogP contribution in [0, 0.1) is 50.2 Å². The van der Waals surface area contributed by atoms with E-state index in [-0.39, 0.29) is 30.1 Å². The Morgan fingerprint density at radius 3 is 1.94 bits per heavy atom. The smallest absolute Gasteiger partial charge is 0.335 e. The van der Waals surface area contributed by atoms with Gasteiger partial charge < -0.3 is 114 Å². The summed E-state index contributed by atoms with van der Waals surface area (Å²) in [7, 11) is 0. The van der Waals surface area contributed by atoms with Gasteiger partial charge in [-0.3, -0.25) is 0 Å². The molecule has 13 N–H and O–H groups in total. The number of carboxylic acids is 1. The quantitative estimate of drug-likeness (QED) is 0.0308. The van der Waals surface area contributed by atoms with Crippen LogP contribution >= 0.6 is 0 Å². The number of aliphatic hydroxyl groups is 12. The van der Waals surface area contributed by atoms with E-state index >= 15 is 0 Å². The molecule has 8 fully saturated rings. The highest BCUT2D eigenvalue weighted by Crippen LogP contribution is 2.76. The van der Waals surface area contributed by atoms with Crippen molar-refractivity contribution in [3.63, 3.8) is 0 Å². The summed E-state index contributed by atoms with van der Waals surface area (Å²) in [5, 5.41) is 143. The summed E-state index contributed by atoms with van der Waals surface area (Å²) < 4.78 is 54.4. The van der Waals surface area contributed by atoms with Gasteiger partial charge in [0.1, 0.15) is 91.7 Å². The lowest BCUT2D eigenvalue weighted by atomic mass is 9.33. The molecular formula is C57H88O25. The fourth-order valence-electron chi connectivity index (χ4n) is 16.7. The molecule has 29 atom stereocenters. The van der Waals surface area contributed by atoms with Crippen LogP contribution in [0.5, 0.6) is 0 Å². The third kappa shape index (κ3) is 10.4. The number of fused-ring (bicyclic) bond motifs is 7. The lowest BCUT2D eigenvalue weighted by Gasteiger charge is -2.72. The number of carbonyl (C=O) groups is 3. The number of hydrogen-bond acceptors (Lipinski definition) is 24. The molecular weight excluding hydrogens is 1080 g/mol. The second-order valence-corrected chi connectivity index (χ2v) is 26.7. The predicted molar refractivity (Wildman–Crippen MR) is 278 cm³/mol. The monoisotopic (exact) mass is 1170 g/mol. The van der Waals surface area contributed by atoms with E-state index in [1.54, 1.807) is 26.8 Å². The van der Waals surface area contributed by atoms with Crippen LogP contribution in [-0.2, 0) is 57.0 Å². The summed E-state index contributed by atoms with van der Waals surface area (Å²) in [6.07, 6.45) is -28.9. The van der Waals surface area contributed by atoms with Crippen LogP contribution in [0.25, 0.3) is 0 Å². The van der Waals surface area contributed by atoms with E-state index in [0.29, 0.717) is 44.1 Å². The number of hydrogen-bond donors (Lipinski definition) is 13. The van der Waals surface area contributed by atoms with E-state index in [4.69, 9.17) is 42.6 Å². The Bertz CT molecular complexity index is 2390. The lowest BCUT2D eigenvalue weighted by Crippen LogP contribution is -2.70.